The highest BCUT2D eigenvalue weighted by atomic mass is 32.1. The van der Waals surface area contributed by atoms with Crippen molar-refractivity contribution in [3.8, 4) is 16.9 Å². The molecule has 15 nitrogen and oxygen atoms in total. The number of fused-ring (bicyclic) bond motifs is 3. The molecule has 0 radical (unpaired) electrons. The van der Waals surface area contributed by atoms with Crippen molar-refractivity contribution in [2.24, 2.45) is 18.9 Å². The molecule has 77 heavy (non-hydrogen) atoms. The van der Waals surface area contributed by atoms with Gasteiger partial charge < -0.3 is 19.3 Å². The van der Waals surface area contributed by atoms with Crippen LogP contribution in [0.25, 0.3) is 32.2 Å². The summed E-state index contributed by atoms with van der Waals surface area (Å²) in [5.41, 5.74) is 8.43. The summed E-state index contributed by atoms with van der Waals surface area (Å²) in [6.07, 6.45) is 7.07. The molecule has 2 atom stereocenters. The zero-order chi connectivity index (χ0) is 53.5. The molecular formula is C61H69N9O6S. The van der Waals surface area contributed by atoms with Crippen molar-refractivity contribution in [1.82, 2.24) is 30.0 Å². The fraction of sp³-hybridized carbons (Fsp3) is 0.426. The molecule has 1 unspecified atom stereocenters. The van der Waals surface area contributed by atoms with E-state index in [9.17, 15) is 19.2 Å². The first-order chi connectivity index (χ1) is 37.1. The Labute approximate surface area is 454 Å². The normalized spacial score (nSPS) is 19.7. The number of para-hydroxylation sites is 1. The largest absolute Gasteiger partial charge is 0.490 e. The zero-order valence-corrected chi connectivity index (χ0v) is 45.9. The van der Waals surface area contributed by atoms with Crippen molar-refractivity contribution in [2.45, 2.75) is 110 Å². The van der Waals surface area contributed by atoms with Gasteiger partial charge in [-0.25, -0.2) is 14.8 Å². The number of nitrogens with zero attached hydrogens (tertiary/aromatic N) is 7. The van der Waals surface area contributed by atoms with E-state index in [1.165, 1.54) is 23.4 Å². The van der Waals surface area contributed by atoms with Crippen LogP contribution in [0.4, 0.5) is 16.6 Å². The van der Waals surface area contributed by atoms with Crippen LogP contribution in [-0.4, -0.2) is 99.3 Å². The number of hydrogen-bond donors (Lipinski definition) is 2. The van der Waals surface area contributed by atoms with Gasteiger partial charge in [0.05, 0.1) is 33.4 Å². The first-order valence-corrected chi connectivity index (χ1v) is 28.3. The Hall–Kier alpha value is -7.17. The number of piperidine rings is 1. The van der Waals surface area contributed by atoms with E-state index in [1.807, 2.05) is 99.2 Å². The minimum Gasteiger partial charge on any atom is -0.490 e. The summed E-state index contributed by atoms with van der Waals surface area (Å²) in [5.74, 6) is 1.14. The third kappa shape index (κ3) is 11.2. The monoisotopic (exact) mass is 1060 g/mol. The van der Waals surface area contributed by atoms with E-state index in [2.05, 4.69) is 68.4 Å². The number of piperazine rings is 1. The van der Waals surface area contributed by atoms with Crippen molar-refractivity contribution >= 4 is 72.8 Å². The van der Waals surface area contributed by atoms with Crippen LogP contribution in [0.1, 0.15) is 122 Å². The van der Waals surface area contributed by atoms with Gasteiger partial charge in [-0.05, 0) is 168 Å². The topological polar surface area (TPSA) is 164 Å². The van der Waals surface area contributed by atoms with E-state index in [0.29, 0.717) is 66.3 Å². The summed E-state index contributed by atoms with van der Waals surface area (Å²) in [6, 6.07) is 30.2. The van der Waals surface area contributed by atoms with Crippen LogP contribution in [-0.2, 0) is 34.3 Å². The second-order valence-electron chi connectivity index (χ2n) is 22.5. The molecule has 0 bridgehead atoms. The highest BCUT2D eigenvalue weighted by Gasteiger charge is 2.33. The lowest BCUT2D eigenvalue weighted by atomic mass is 9.78. The molecule has 4 aliphatic rings. The van der Waals surface area contributed by atoms with Crippen LogP contribution in [0.2, 0.25) is 0 Å². The zero-order valence-electron chi connectivity index (χ0n) is 45.1. The Bertz CT molecular complexity index is 3350. The van der Waals surface area contributed by atoms with Crippen LogP contribution in [0.5, 0.6) is 5.75 Å². The van der Waals surface area contributed by atoms with E-state index in [0.717, 1.165) is 113 Å². The van der Waals surface area contributed by atoms with Gasteiger partial charge in [-0.2, -0.15) is 5.10 Å². The van der Waals surface area contributed by atoms with Crippen LogP contribution in [0.3, 0.4) is 0 Å². The number of carbonyl (C=O) groups excluding carboxylic acids is 4. The highest BCUT2D eigenvalue weighted by Crippen LogP contribution is 2.39. The summed E-state index contributed by atoms with van der Waals surface area (Å²) in [4.78, 5) is 69.3. The number of esters is 1. The molecule has 11 rings (SSSR count). The molecule has 4 aromatic carbocycles. The molecule has 3 amide bonds. The molecule has 3 aliphatic heterocycles. The number of thiazole rings is 1. The van der Waals surface area contributed by atoms with Gasteiger partial charge in [-0.1, -0.05) is 54.7 Å². The Balaban J connectivity index is 0.701. The quantitative estimate of drug-likeness (QED) is 0.0831. The van der Waals surface area contributed by atoms with Crippen LogP contribution < -0.4 is 25.2 Å². The van der Waals surface area contributed by atoms with Gasteiger partial charge in [0, 0.05) is 74.9 Å². The highest BCUT2D eigenvalue weighted by molar-refractivity contribution is 7.22. The number of aromatic nitrogens is 4. The number of nitrogens with one attached hydrogen (secondary N) is 2. The molecule has 2 saturated heterocycles. The van der Waals surface area contributed by atoms with Gasteiger partial charge >= 0.3 is 5.97 Å². The number of rotatable bonds is 13. The minimum absolute atomic E-state index is 0.107. The summed E-state index contributed by atoms with van der Waals surface area (Å²) in [6.45, 7) is 16.2. The number of pyridine rings is 1. The third-order valence-corrected chi connectivity index (χ3v) is 17.2. The van der Waals surface area contributed by atoms with Gasteiger partial charge in [0.2, 0.25) is 11.8 Å². The molecule has 2 N–H and O–H groups in total. The molecular weight excluding hydrogens is 987 g/mol. The lowest BCUT2D eigenvalue weighted by Crippen LogP contribution is -2.47. The van der Waals surface area contributed by atoms with E-state index in [1.54, 1.807) is 0 Å². The average molecular weight is 1060 g/mol. The number of ether oxygens (including phenoxy) is 2. The Morgan fingerprint density at radius 3 is 2.42 bits per heavy atom. The fourth-order valence-corrected chi connectivity index (χ4v) is 12.8. The lowest BCUT2D eigenvalue weighted by Gasteiger charge is -2.37. The Morgan fingerprint density at radius 2 is 1.64 bits per heavy atom. The lowest BCUT2D eigenvalue weighted by molar-refractivity contribution is -0.134. The number of benzene rings is 4. The maximum Gasteiger partial charge on any atom is 0.358 e. The molecule has 6 heterocycles. The molecule has 400 valence electrons. The molecule has 16 heteroatoms. The van der Waals surface area contributed by atoms with Gasteiger partial charge in [0.1, 0.15) is 17.2 Å². The summed E-state index contributed by atoms with van der Waals surface area (Å²) >= 11 is 1.45. The number of amides is 3. The summed E-state index contributed by atoms with van der Waals surface area (Å²) in [7, 11) is 1.92. The molecule has 3 fully saturated rings. The molecule has 0 spiro atoms. The van der Waals surface area contributed by atoms with Gasteiger partial charge in [-0.3, -0.25) is 34.6 Å². The second kappa shape index (κ2) is 21.7. The Morgan fingerprint density at radius 1 is 0.844 bits per heavy atom. The number of aryl methyl sites for hydroxylation is 1. The summed E-state index contributed by atoms with van der Waals surface area (Å²) < 4.78 is 15.7. The first-order valence-electron chi connectivity index (χ1n) is 27.4. The number of imide groups is 1. The van der Waals surface area contributed by atoms with Crippen LogP contribution in [0, 0.1) is 18.8 Å². The minimum atomic E-state index is -0.734. The molecule has 1 saturated carbocycles. The van der Waals surface area contributed by atoms with Crippen molar-refractivity contribution in [3.05, 3.63) is 125 Å². The van der Waals surface area contributed by atoms with Crippen molar-refractivity contribution in [3.63, 3.8) is 0 Å². The van der Waals surface area contributed by atoms with Crippen LogP contribution in [0.15, 0.2) is 91.0 Å². The molecule has 7 aromatic rings. The maximum absolute atomic E-state index is 14.2. The first kappa shape index (κ1) is 51.9. The fourth-order valence-electron chi connectivity index (χ4n) is 11.9. The average Bonchev–Trinajstić information content (AvgIpc) is 4.10. The van der Waals surface area contributed by atoms with Crippen molar-refractivity contribution in [1.29, 1.82) is 0 Å². The summed E-state index contributed by atoms with van der Waals surface area (Å²) in [5, 5.41) is 11.8. The molecule has 1 aliphatic carbocycles. The SMILES string of the molecule is Cc1c(OC2CCC([C@@H](C)CCN3CCN(c4ccc5c(C6CCC(=O)NC6=O)nn(C)c5c4)CC3)CC2)cccc1-c1ccc(N2CCc3cccc(C(=O)Nc4nc5ccccc5s4)c3C2)nc1C(=O)OC(C)(C)C. The van der Waals surface area contributed by atoms with Crippen molar-refractivity contribution < 1.29 is 28.7 Å². The van der Waals surface area contributed by atoms with Gasteiger partial charge in [-0.15, -0.1) is 0 Å². The van der Waals surface area contributed by atoms with E-state index < -0.39 is 17.5 Å². The number of hydrogen-bond acceptors (Lipinski definition) is 13. The van der Waals surface area contributed by atoms with Gasteiger partial charge in [0.25, 0.3) is 5.91 Å². The Kier molecular flexibility index (Phi) is 14.6. The van der Waals surface area contributed by atoms with Gasteiger partial charge in [0.15, 0.2) is 10.8 Å². The molecule has 3 aromatic heterocycles. The predicted molar refractivity (Wildman–Crippen MR) is 303 cm³/mol. The smallest absolute Gasteiger partial charge is 0.358 e. The second-order valence-corrected chi connectivity index (χ2v) is 23.5. The van der Waals surface area contributed by atoms with Crippen molar-refractivity contribution in [2.75, 3.05) is 54.4 Å². The number of anilines is 3. The predicted octanol–water partition coefficient (Wildman–Crippen LogP) is 10.6. The standard InChI is InChI=1S/C61H69N9O6S/c1-37(27-29-68-31-33-69(34-32-68)41-19-22-46-50(35-41)67(6)66-55(46)47-24-26-54(71)64-58(47)73)39-17-20-42(21-18-39)75-51-15-10-12-43(38(51)2)44-23-25-53(63-56(44)59(74)76-61(3,4)5)70-30-28-40-11-9-13-45(48(40)36-70)57(72)65-60-62-49-14-7-8-16-52(49)77-60/h7-16,19,22-23,25,35,37,39,42,47H,17-18,20-21,24,26-34,36H2,1-6H3,(H,62,65,72)(H,64,71,73)/t37-,39?,42?,47?/m0/s1. The maximum atomic E-state index is 14.2. The van der Waals surface area contributed by atoms with Crippen LogP contribution >= 0.6 is 11.3 Å². The van der Waals surface area contributed by atoms with E-state index in [-0.39, 0.29) is 29.5 Å². The van der Waals surface area contributed by atoms with E-state index in [4.69, 9.17) is 19.6 Å². The van der Waals surface area contributed by atoms with E-state index >= 15 is 0 Å². The number of carbonyl (C=O) groups is 4. The third-order valence-electron chi connectivity index (χ3n) is 16.3.